The normalized spacial score (nSPS) is 26.7. The lowest BCUT2D eigenvalue weighted by Gasteiger charge is -2.36. The van der Waals surface area contributed by atoms with Gasteiger partial charge in [-0.05, 0) is 38.1 Å². The summed E-state index contributed by atoms with van der Waals surface area (Å²) in [7, 11) is 0. The van der Waals surface area contributed by atoms with E-state index in [-0.39, 0.29) is 17.7 Å². The molecule has 2 saturated heterocycles. The van der Waals surface area contributed by atoms with Crippen molar-refractivity contribution < 1.29 is 9.59 Å². The number of carbonyl (C=O) groups is 2. The Bertz CT molecular complexity index is 365. The monoisotopic (exact) mass is 295 g/mol. The maximum atomic E-state index is 12.5. The third kappa shape index (κ3) is 4.70. The van der Waals surface area contributed by atoms with Crippen LogP contribution in [0.2, 0.25) is 0 Å². The Morgan fingerprint density at radius 1 is 1.29 bits per heavy atom. The van der Waals surface area contributed by atoms with Gasteiger partial charge in [0.2, 0.25) is 11.8 Å². The standard InChI is InChI=1S/C16H29N3O2/c1-12(2)15(20)18-9-13-5-4-8-19(11-13)16(21)14-6-3-7-17-10-14/h12-14,17H,3-11H2,1-2H3,(H,18,20). The summed E-state index contributed by atoms with van der Waals surface area (Å²) in [5.41, 5.74) is 0. The lowest BCUT2D eigenvalue weighted by molar-refractivity contribution is -0.137. The summed E-state index contributed by atoms with van der Waals surface area (Å²) in [6.45, 7) is 8.04. The smallest absolute Gasteiger partial charge is 0.226 e. The van der Waals surface area contributed by atoms with Crippen LogP contribution in [0.15, 0.2) is 0 Å². The summed E-state index contributed by atoms with van der Waals surface area (Å²) < 4.78 is 0. The van der Waals surface area contributed by atoms with Crippen molar-refractivity contribution in [2.45, 2.75) is 39.5 Å². The molecule has 2 N–H and O–H groups in total. The van der Waals surface area contributed by atoms with Crippen LogP contribution in [0.25, 0.3) is 0 Å². The molecule has 0 radical (unpaired) electrons. The van der Waals surface area contributed by atoms with Gasteiger partial charge in [-0.1, -0.05) is 13.8 Å². The van der Waals surface area contributed by atoms with E-state index in [9.17, 15) is 9.59 Å². The first kappa shape index (κ1) is 16.3. The molecule has 0 aromatic rings. The average Bonchev–Trinajstić information content (AvgIpc) is 2.53. The lowest BCUT2D eigenvalue weighted by Crippen LogP contribution is -2.48. The van der Waals surface area contributed by atoms with Crippen molar-refractivity contribution in [2.75, 3.05) is 32.7 Å². The van der Waals surface area contributed by atoms with Crippen LogP contribution in [0, 0.1) is 17.8 Å². The van der Waals surface area contributed by atoms with E-state index in [1.807, 2.05) is 18.7 Å². The van der Waals surface area contributed by atoms with Gasteiger partial charge in [-0.15, -0.1) is 0 Å². The van der Waals surface area contributed by atoms with E-state index in [2.05, 4.69) is 10.6 Å². The molecule has 2 aliphatic heterocycles. The molecule has 2 rings (SSSR count). The SMILES string of the molecule is CC(C)C(=O)NCC1CCCN(C(=O)C2CCCNC2)C1. The largest absolute Gasteiger partial charge is 0.356 e. The molecule has 0 aromatic carbocycles. The van der Waals surface area contributed by atoms with E-state index >= 15 is 0 Å². The van der Waals surface area contributed by atoms with Crippen LogP contribution >= 0.6 is 0 Å². The fourth-order valence-electron chi connectivity index (χ4n) is 3.20. The Morgan fingerprint density at radius 3 is 2.76 bits per heavy atom. The van der Waals surface area contributed by atoms with Crippen LogP contribution in [0.5, 0.6) is 0 Å². The van der Waals surface area contributed by atoms with Crippen LogP contribution in [0.1, 0.15) is 39.5 Å². The van der Waals surface area contributed by atoms with Crippen LogP contribution in [-0.4, -0.2) is 49.4 Å². The molecule has 2 amide bonds. The molecule has 21 heavy (non-hydrogen) atoms. The summed E-state index contributed by atoms with van der Waals surface area (Å²) in [5.74, 6) is 1.00. The molecule has 5 heteroatoms. The van der Waals surface area contributed by atoms with E-state index in [1.165, 1.54) is 0 Å². The number of hydrogen-bond acceptors (Lipinski definition) is 3. The first-order valence-corrected chi connectivity index (χ1v) is 8.35. The van der Waals surface area contributed by atoms with Crippen LogP contribution in [0.4, 0.5) is 0 Å². The van der Waals surface area contributed by atoms with Crippen molar-refractivity contribution in [3.05, 3.63) is 0 Å². The third-order valence-electron chi connectivity index (χ3n) is 4.57. The molecular weight excluding hydrogens is 266 g/mol. The second kappa shape index (κ2) is 7.78. The lowest BCUT2D eigenvalue weighted by atomic mass is 9.93. The topological polar surface area (TPSA) is 61.4 Å². The number of amides is 2. The van der Waals surface area contributed by atoms with Crippen molar-refractivity contribution in [3.63, 3.8) is 0 Å². The van der Waals surface area contributed by atoms with Gasteiger partial charge in [0.05, 0.1) is 5.92 Å². The molecule has 0 saturated carbocycles. The number of likely N-dealkylation sites (tertiary alicyclic amines) is 1. The summed E-state index contributed by atoms with van der Waals surface area (Å²) in [6.07, 6.45) is 4.26. The second-order valence-corrected chi connectivity index (χ2v) is 6.74. The maximum absolute atomic E-state index is 12.5. The highest BCUT2D eigenvalue weighted by Gasteiger charge is 2.29. The van der Waals surface area contributed by atoms with Gasteiger partial charge in [0.15, 0.2) is 0 Å². The van der Waals surface area contributed by atoms with Gasteiger partial charge in [0.1, 0.15) is 0 Å². The van der Waals surface area contributed by atoms with Crippen molar-refractivity contribution in [2.24, 2.45) is 17.8 Å². The van der Waals surface area contributed by atoms with Crippen LogP contribution < -0.4 is 10.6 Å². The minimum atomic E-state index is 0.0274. The Kier molecular flexibility index (Phi) is 6.03. The molecule has 0 spiro atoms. The molecule has 0 aromatic heterocycles. The maximum Gasteiger partial charge on any atom is 0.226 e. The minimum Gasteiger partial charge on any atom is -0.356 e. The quantitative estimate of drug-likeness (QED) is 0.813. The third-order valence-corrected chi connectivity index (χ3v) is 4.57. The van der Waals surface area contributed by atoms with E-state index < -0.39 is 0 Å². The fraction of sp³-hybridized carbons (Fsp3) is 0.875. The number of piperidine rings is 2. The molecule has 2 heterocycles. The zero-order valence-electron chi connectivity index (χ0n) is 13.4. The Hall–Kier alpha value is -1.10. The number of carbonyl (C=O) groups excluding carboxylic acids is 2. The van der Waals surface area contributed by atoms with Gasteiger partial charge in [-0.2, -0.15) is 0 Å². The molecule has 2 fully saturated rings. The van der Waals surface area contributed by atoms with Gasteiger partial charge in [-0.3, -0.25) is 9.59 Å². The summed E-state index contributed by atoms with van der Waals surface area (Å²) >= 11 is 0. The van der Waals surface area contributed by atoms with Crippen molar-refractivity contribution in [1.82, 2.24) is 15.5 Å². The number of nitrogens with zero attached hydrogens (tertiary/aromatic N) is 1. The molecule has 0 aliphatic carbocycles. The van der Waals surface area contributed by atoms with E-state index in [1.54, 1.807) is 0 Å². The molecule has 5 nitrogen and oxygen atoms in total. The van der Waals surface area contributed by atoms with Gasteiger partial charge in [0, 0.05) is 32.1 Å². The van der Waals surface area contributed by atoms with Crippen molar-refractivity contribution in [3.8, 4) is 0 Å². The molecule has 2 atom stereocenters. The minimum absolute atomic E-state index is 0.0274. The van der Waals surface area contributed by atoms with E-state index in [0.29, 0.717) is 18.4 Å². The van der Waals surface area contributed by atoms with Crippen molar-refractivity contribution in [1.29, 1.82) is 0 Å². The number of hydrogen-bond donors (Lipinski definition) is 2. The van der Waals surface area contributed by atoms with Gasteiger partial charge >= 0.3 is 0 Å². The Morgan fingerprint density at radius 2 is 2.10 bits per heavy atom. The Balaban J connectivity index is 1.79. The van der Waals surface area contributed by atoms with Crippen molar-refractivity contribution >= 4 is 11.8 Å². The van der Waals surface area contributed by atoms with Gasteiger partial charge in [0.25, 0.3) is 0 Å². The molecule has 2 aliphatic rings. The van der Waals surface area contributed by atoms with Crippen LogP contribution in [-0.2, 0) is 9.59 Å². The van der Waals surface area contributed by atoms with E-state index in [4.69, 9.17) is 0 Å². The first-order valence-electron chi connectivity index (χ1n) is 8.35. The first-order chi connectivity index (χ1) is 10.1. The average molecular weight is 295 g/mol. The highest BCUT2D eigenvalue weighted by molar-refractivity contribution is 5.79. The van der Waals surface area contributed by atoms with Crippen LogP contribution in [0.3, 0.4) is 0 Å². The summed E-state index contributed by atoms with van der Waals surface area (Å²) in [5, 5.41) is 6.32. The summed E-state index contributed by atoms with van der Waals surface area (Å²) in [6, 6.07) is 0. The second-order valence-electron chi connectivity index (χ2n) is 6.74. The highest BCUT2D eigenvalue weighted by atomic mass is 16.2. The Labute approximate surface area is 127 Å². The molecule has 2 unspecified atom stereocenters. The molecular formula is C16H29N3O2. The molecule has 0 bridgehead atoms. The highest BCUT2D eigenvalue weighted by Crippen LogP contribution is 2.20. The molecule has 120 valence electrons. The zero-order valence-corrected chi connectivity index (χ0v) is 13.4. The zero-order chi connectivity index (χ0) is 15.2. The number of rotatable bonds is 4. The predicted octanol–water partition coefficient (Wildman–Crippen LogP) is 0.997. The summed E-state index contributed by atoms with van der Waals surface area (Å²) in [4.78, 5) is 26.2. The predicted molar refractivity (Wildman–Crippen MR) is 82.7 cm³/mol. The fourth-order valence-corrected chi connectivity index (χ4v) is 3.20. The van der Waals surface area contributed by atoms with Gasteiger partial charge < -0.3 is 15.5 Å². The van der Waals surface area contributed by atoms with E-state index in [0.717, 1.165) is 51.9 Å². The van der Waals surface area contributed by atoms with Gasteiger partial charge in [-0.25, -0.2) is 0 Å². The number of nitrogens with one attached hydrogen (secondary N) is 2.